The second-order valence-electron chi connectivity index (χ2n) is 5.51. The smallest absolute Gasteiger partial charge is 0.157 e. The molecule has 1 aliphatic heterocycles. The van der Waals surface area contributed by atoms with Crippen LogP contribution in [0.2, 0.25) is 0 Å². The number of aliphatic hydroxyl groups is 1. The molecule has 1 heterocycles. The Bertz CT molecular complexity index is 366. The summed E-state index contributed by atoms with van der Waals surface area (Å²) in [4.78, 5) is 0. The van der Waals surface area contributed by atoms with Crippen molar-refractivity contribution in [3.63, 3.8) is 0 Å². The Labute approximate surface area is 121 Å². The van der Waals surface area contributed by atoms with Crippen LogP contribution in [0.3, 0.4) is 0 Å². The third-order valence-electron chi connectivity index (χ3n) is 3.80. The zero-order chi connectivity index (χ0) is 14.2. The predicted molar refractivity (Wildman–Crippen MR) is 79.4 cm³/mol. The fraction of sp³-hybridized carbons (Fsp3) is 0.647. The van der Waals surface area contributed by atoms with Crippen molar-refractivity contribution in [2.24, 2.45) is 0 Å². The van der Waals surface area contributed by atoms with Crippen LogP contribution in [0.25, 0.3) is 0 Å². The molecule has 3 atom stereocenters. The second-order valence-corrected chi connectivity index (χ2v) is 5.51. The molecule has 1 aromatic rings. The highest BCUT2D eigenvalue weighted by Crippen LogP contribution is 2.25. The summed E-state index contributed by atoms with van der Waals surface area (Å²) in [5, 5.41) is 10.3. The van der Waals surface area contributed by atoms with Crippen molar-refractivity contribution in [2.75, 3.05) is 6.61 Å². The highest BCUT2D eigenvalue weighted by atomic mass is 16.7. The Morgan fingerprint density at radius 2 is 2.05 bits per heavy atom. The molecule has 2 rings (SSSR count). The summed E-state index contributed by atoms with van der Waals surface area (Å²) in [5.74, 6) is 0. The molecule has 1 aromatic carbocycles. The number of aliphatic hydroxyl groups excluding tert-OH is 1. The molecule has 3 nitrogen and oxygen atoms in total. The lowest BCUT2D eigenvalue weighted by Gasteiger charge is -2.31. The van der Waals surface area contributed by atoms with E-state index in [1.807, 2.05) is 30.3 Å². The van der Waals surface area contributed by atoms with Crippen LogP contribution in [0.1, 0.15) is 57.1 Å². The van der Waals surface area contributed by atoms with E-state index in [2.05, 4.69) is 6.92 Å². The number of hydrogen-bond donors (Lipinski definition) is 1. The maximum absolute atomic E-state index is 10.3. The summed E-state index contributed by atoms with van der Waals surface area (Å²) in [7, 11) is 0. The van der Waals surface area contributed by atoms with Gasteiger partial charge in [-0.3, -0.25) is 0 Å². The summed E-state index contributed by atoms with van der Waals surface area (Å²) in [6.45, 7) is 2.94. The van der Waals surface area contributed by atoms with Crippen LogP contribution in [-0.4, -0.2) is 24.1 Å². The lowest BCUT2D eigenvalue weighted by Crippen LogP contribution is -2.33. The van der Waals surface area contributed by atoms with Crippen LogP contribution in [0.5, 0.6) is 0 Å². The van der Waals surface area contributed by atoms with Gasteiger partial charge < -0.3 is 14.6 Å². The maximum Gasteiger partial charge on any atom is 0.157 e. The molecule has 112 valence electrons. The first-order chi connectivity index (χ1) is 9.79. The predicted octanol–water partition coefficient (Wildman–Crippen LogP) is 3.82. The van der Waals surface area contributed by atoms with Gasteiger partial charge in [0.15, 0.2) is 6.29 Å². The van der Waals surface area contributed by atoms with E-state index in [0.717, 1.165) is 31.4 Å². The van der Waals surface area contributed by atoms with Crippen LogP contribution in [0.15, 0.2) is 30.3 Å². The molecular weight excluding hydrogens is 252 g/mol. The number of unbranched alkanes of at least 4 members (excludes halogenated alkanes) is 2. The van der Waals surface area contributed by atoms with Gasteiger partial charge in [-0.25, -0.2) is 0 Å². The number of rotatable bonds is 7. The molecular formula is C17H26O3. The molecule has 0 unspecified atom stereocenters. The van der Waals surface area contributed by atoms with Crippen LogP contribution >= 0.6 is 0 Å². The van der Waals surface area contributed by atoms with Gasteiger partial charge in [-0.05, 0) is 24.8 Å². The molecule has 0 spiro atoms. The summed E-state index contributed by atoms with van der Waals surface area (Å²) < 4.78 is 11.6. The second kappa shape index (κ2) is 8.40. The van der Waals surface area contributed by atoms with E-state index in [-0.39, 0.29) is 12.4 Å². The van der Waals surface area contributed by atoms with E-state index < -0.39 is 6.10 Å². The van der Waals surface area contributed by atoms with Crippen molar-refractivity contribution in [1.82, 2.24) is 0 Å². The fourth-order valence-electron chi connectivity index (χ4n) is 2.60. The van der Waals surface area contributed by atoms with Crippen LogP contribution in [0.4, 0.5) is 0 Å². The van der Waals surface area contributed by atoms with Gasteiger partial charge in [-0.1, -0.05) is 50.1 Å². The Morgan fingerprint density at radius 3 is 2.80 bits per heavy atom. The summed E-state index contributed by atoms with van der Waals surface area (Å²) in [5.41, 5.74) is 0.963. The van der Waals surface area contributed by atoms with E-state index in [9.17, 15) is 5.11 Å². The van der Waals surface area contributed by atoms with Gasteiger partial charge in [0.1, 0.15) is 0 Å². The highest BCUT2D eigenvalue weighted by Gasteiger charge is 2.25. The highest BCUT2D eigenvalue weighted by molar-refractivity contribution is 5.17. The lowest BCUT2D eigenvalue weighted by atomic mass is 10.0. The number of ether oxygens (including phenoxy) is 2. The van der Waals surface area contributed by atoms with E-state index in [4.69, 9.17) is 9.47 Å². The minimum Gasteiger partial charge on any atom is -0.388 e. The Balaban J connectivity index is 1.77. The molecule has 0 amide bonds. The van der Waals surface area contributed by atoms with Crippen LogP contribution in [0, 0.1) is 0 Å². The molecule has 3 heteroatoms. The van der Waals surface area contributed by atoms with E-state index >= 15 is 0 Å². The molecule has 0 saturated carbocycles. The number of hydrogen-bond acceptors (Lipinski definition) is 3. The molecule has 20 heavy (non-hydrogen) atoms. The molecule has 0 aromatic heterocycles. The van der Waals surface area contributed by atoms with E-state index in [0.29, 0.717) is 6.42 Å². The van der Waals surface area contributed by atoms with Gasteiger partial charge in [0, 0.05) is 6.42 Å². The standard InChI is InChI=1S/C17H26O3/c1-2-3-5-10-17-19-12-11-15(20-17)13-16(18)14-8-6-4-7-9-14/h4,6-9,15-18H,2-3,5,10-13H2,1H3/t15-,16-,17-/m1/s1. The van der Waals surface area contributed by atoms with Gasteiger partial charge in [0.25, 0.3) is 0 Å². The van der Waals surface area contributed by atoms with Gasteiger partial charge >= 0.3 is 0 Å². The third-order valence-corrected chi connectivity index (χ3v) is 3.80. The lowest BCUT2D eigenvalue weighted by molar-refractivity contribution is -0.220. The normalized spacial score (nSPS) is 24.5. The first kappa shape index (κ1) is 15.5. The minimum atomic E-state index is -0.449. The molecule has 1 aliphatic rings. The Kier molecular flexibility index (Phi) is 6.51. The summed E-state index contributed by atoms with van der Waals surface area (Å²) >= 11 is 0. The van der Waals surface area contributed by atoms with Gasteiger partial charge in [0.2, 0.25) is 0 Å². The van der Waals surface area contributed by atoms with Crippen LogP contribution < -0.4 is 0 Å². The van der Waals surface area contributed by atoms with Crippen molar-refractivity contribution in [1.29, 1.82) is 0 Å². The van der Waals surface area contributed by atoms with Crippen molar-refractivity contribution in [2.45, 2.75) is 63.9 Å². The monoisotopic (exact) mass is 278 g/mol. The van der Waals surface area contributed by atoms with Gasteiger partial charge in [-0.2, -0.15) is 0 Å². The molecule has 0 bridgehead atoms. The molecule has 0 radical (unpaired) electrons. The van der Waals surface area contributed by atoms with Crippen molar-refractivity contribution in [3.05, 3.63) is 35.9 Å². The quantitative estimate of drug-likeness (QED) is 0.771. The molecule has 0 aliphatic carbocycles. The largest absolute Gasteiger partial charge is 0.388 e. The zero-order valence-electron chi connectivity index (χ0n) is 12.3. The van der Waals surface area contributed by atoms with Crippen LogP contribution in [-0.2, 0) is 9.47 Å². The van der Waals surface area contributed by atoms with Crippen molar-refractivity contribution >= 4 is 0 Å². The average molecular weight is 278 g/mol. The Hall–Kier alpha value is -0.900. The number of benzene rings is 1. The van der Waals surface area contributed by atoms with Gasteiger partial charge in [-0.15, -0.1) is 0 Å². The Morgan fingerprint density at radius 1 is 1.25 bits per heavy atom. The van der Waals surface area contributed by atoms with E-state index in [1.54, 1.807) is 0 Å². The summed E-state index contributed by atoms with van der Waals surface area (Å²) in [6, 6.07) is 9.80. The van der Waals surface area contributed by atoms with Crippen molar-refractivity contribution < 1.29 is 14.6 Å². The topological polar surface area (TPSA) is 38.7 Å². The zero-order valence-corrected chi connectivity index (χ0v) is 12.3. The van der Waals surface area contributed by atoms with E-state index in [1.165, 1.54) is 12.8 Å². The third kappa shape index (κ3) is 4.89. The summed E-state index contributed by atoms with van der Waals surface area (Å²) in [6.07, 6.45) is 5.64. The molecule has 1 fully saturated rings. The molecule has 1 N–H and O–H groups in total. The first-order valence-electron chi connectivity index (χ1n) is 7.79. The fourth-order valence-corrected chi connectivity index (χ4v) is 2.60. The van der Waals surface area contributed by atoms with Gasteiger partial charge in [0.05, 0.1) is 18.8 Å². The first-order valence-corrected chi connectivity index (χ1v) is 7.79. The average Bonchev–Trinajstić information content (AvgIpc) is 2.49. The SMILES string of the molecule is CCCCC[C@@H]1OCC[C@H](C[C@@H](O)c2ccccc2)O1. The maximum atomic E-state index is 10.3. The molecule has 1 saturated heterocycles. The van der Waals surface area contributed by atoms with Crippen molar-refractivity contribution in [3.8, 4) is 0 Å². The minimum absolute atomic E-state index is 0.0803.